The molecule has 0 amide bonds. The van der Waals surface area contributed by atoms with E-state index in [0.29, 0.717) is 16.5 Å². The molecule has 1 unspecified atom stereocenters. The predicted molar refractivity (Wildman–Crippen MR) is 78.7 cm³/mol. The van der Waals surface area contributed by atoms with E-state index in [-0.39, 0.29) is 6.04 Å². The maximum Gasteiger partial charge on any atom is 0.0943 e. The molecule has 0 fully saturated rings. The molecule has 0 radical (unpaired) electrons. The van der Waals surface area contributed by atoms with Gasteiger partial charge in [-0.05, 0) is 25.0 Å². The highest BCUT2D eigenvalue weighted by atomic mass is 35.5. The second-order valence-electron chi connectivity index (χ2n) is 4.26. The largest absolute Gasteiger partial charge is 0.327 e. The summed E-state index contributed by atoms with van der Waals surface area (Å²) in [5, 5.41) is 4.28. The third-order valence-corrected chi connectivity index (χ3v) is 4.46. The van der Waals surface area contributed by atoms with Crippen molar-refractivity contribution in [3.8, 4) is 0 Å². The number of nitrogens with two attached hydrogens (primary N) is 1. The summed E-state index contributed by atoms with van der Waals surface area (Å²) in [5.41, 5.74) is 8.17. The van der Waals surface area contributed by atoms with E-state index in [0.717, 1.165) is 22.7 Å². The van der Waals surface area contributed by atoms with Gasteiger partial charge in [-0.15, -0.1) is 11.3 Å². The summed E-state index contributed by atoms with van der Waals surface area (Å²) in [6.45, 7) is 1.99. The molecule has 5 heteroatoms. The molecule has 2 aromatic rings. The van der Waals surface area contributed by atoms with Crippen LogP contribution in [-0.4, -0.2) is 11.0 Å². The molecular weight excluding hydrogens is 287 g/mol. The fraction of sp³-hybridized carbons (Fsp3) is 0.308. The highest BCUT2D eigenvalue weighted by molar-refractivity contribution is 7.09. The molecule has 0 spiro atoms. The smallest absolute Gasteiger partial charge is 0.0943 e. The molecule has 1 heterocycles. The van der Waals surface area contributed by atoms with Crippen LogP contribution in [0.4, 0.5) is 0 Å². The Hall–Kier alpha value is -0.610. The molecule has 0 bridgehead atoms. The average molecular weight is 301 g/mol. The second-order valence-corrected chi connectivity index (χ2v) is 5.99. The number of nitrogens with zero attached hydrogens (tertiary/aromatic N) is 1. The number of hydrogen-bond donors (Lipinski definition) is 1. The molecule has 1 aromatic heterocycles. The van der Waals surface area contributed by atoms with Crippen molar-refractivity contribution in [2.45, 2.75) is 25.8 Å². The molecule has 1 atom stereocenters. The number of benzene rings is 1. The third kappa shape index (κ3) is 3.45. The zero-order valence-electron chi connectivity index (χ0n) is 9.99. The summed E-state index contributed by atoms with van der Waals surface area (Å²) >= 11 is 13.8. The van der Waals surface area contributed by atoms with Crippen molar-refractivity contribution in [2.24, 2.45) is 5.73 Å². The molecule has 0 saturated heterocycles. The van der Waals surface area contributed by atoms with Crippen molar-refractivity contribution >= 4 is 34.5 Å². The Morgan fingerprint density at radius 3 is 2.78 bits per heavy atom. The van der Waals surface area contributed by atoms with Crippen LogP contribution in [-0.2, 0) is 12.8 Å². The standard InChI is InChI=1S/C13H14Cl2N2S/c1-8-7-18-12(17-8)6-10(16)5-9-3-2-4-11(14)13(9)15/h2-4,7,10H,5-6,16H2,1H3. The fourth-order valence-electron chi connectivity index (χ4n) is 1.78. The quantitative estimate of drug-likeness (QED) is 0.931. The molecule has 18 heavy (non-hydrogen) atoms. The highest BCUT2D eigenvalue weighted by Crippen LogP contribution is 2.26. The summed E-state index contributed by atoms with van der Waals surface area (Å²) in [6.07, 6.45) is 1.47. The van der Waals surface area contributed by atoms with Crippen LogP contribution in [0.1, 0.15) is 16.3 Å². The summed E-state index contributed by atoms with van der Waals surface area (Å²) in [5.74, 6) is 0. The molecule has 96 valence electrons. The lowest BCUT2D eigenvalue weighted by Crippen LogP contribution is -2.25. The maximum absolute atomic E-state index is 6.14. The second kappa shape index (κ2) is 6.02. The summed E-state index contributed by atoms with van der Waals surface area (Å²) in [4.78, 5) is 4.41. The van der Waals surface area contributed by atoms with Crippen LogP contribution in [0, 0.1) is 6.92 Å². The third-order valence-electron chi connectivity index (χ3n) is 2.62. The van der Waals surface area contributed by atoms with E-state index < -0.39 is 0 Å². The Labute approximate surface area is 121 Å². The molecule has 0 aliphatic carbocycles. The van der Waals surface area contributed by atoms with Gasteiger partial charge in [0.1, 0.15) is 0 Å². The minimum atomic E-state index is 0.00603. The molecule has 0 aliphatic heterocycles. The first-order valence-corrected chi connectivity index (χ1v) is 7.29. The van der Waals surface area contributed by atoms with Gasteiger partial charge in [0.2, 0.25) is 0 Å². The van der Waals surface area contributed by atoms with Crippen molar-refractivity contribution in [2.75, 3.05) is 0 Å². The van der Waals surface area contributed by atoms with Crippen LogP contribution in [0.2, 0.25) is 10.0 Å². The first-order valence-electron chi connectivity index (χ1n) is 5.65. The molecule has 2 N–H and O–H groups in total. The van der Waals surface area contributed by atoms with Crippen molar-refractivity contribution in [3.63, 3.8) is 0 Å². The Morgan fingerprint density at radius 1 is 1.33 bits per heavy atom. The van der Waals surface area contributed by atoms with Gasteiger partial charge < -0.3 is 5.73 Å². The van der Waals surface area contributed by atoms with Crippen molar-refractivity contribution in [1.82, 2.24) is 4.98 Å². The summed E-state index contributed by atoms with van der Waals surface area (Å²) in [6, 6.07) is 5.64. The number of aromatic nitrogens is 1. The lowest BCUT2D eigenvalue weighted by Gasteiger charge is -2.11. The number of halogens is 2. The van der Waals surface area contributed by atoms with Crippen molar-refractivity contribution in [1.29, 1.82) is 0 Å². The van der Waals surface area contributed by atoms with E-state index in [1.807, 2.05) is 24.4 Å². The fourth-order valence-corrected chi connectivity index (χ4v) is 3.05. The van der Waals surface area contributed by atoms with E-state index in [1.54, 1.807) is 17.4 Å². The van der Waals surface area contributed by atoms with Gasteiger partial charge in [0, 0.05) is 23.5 Å². The first kappa shape index (κ1) is 13.8. The minimum absolute atomic E-state index is 0.00603. The molecule has 0 aliphatic rings. The van der Waals surface area contributed by atoms with Gasteiger partial charge in [0.05, 0.1) is 15.1 Å². The van der Waals surface area contributed by atoms with E-state index in [4.69, 9.17) is 28.9 Å². The Morgan fingerprint density at radius 2 is 2.11 bits per heavy atom. The van der Waals surface area contributed by atoms with E-state index in [2.05, 4.69) is 4.98 Å². The molecule has 0 saturated carbocycles. The maximum atomic E-state index is 6.14. The zero-order valence-corrected chi connectivity index (χ0v) is 12.3. The van der Waals surface area contributed by atoms with Crippen molar-refractivity contribution in [3.05, 3.63) is 49.9 Å². The highest BCUT2D eigenvalue weighted by Gasteiger charge is 2.11. The lowest BCUT2D eigenvalue weighted by atomic mass is 10.0. The van der Waals surface area contributed by atoms with Crippen LogP contribution in [0.15, 0.2) is 23.6 Å². The van der Waals surface area contributed by atoms with Crippen LogP contribution < -0.4 is 5.73 Å². The molecule has 1 aromatic carbocycles. The van der Waals surface area contributed by atoms with Gasteiger partial charge in [-0.25, -0.2) is 4.98 Å². The van der Waals surface area contributed by atoms with Crippen LogP contribution in [0.25, 0.3) is 0 Å². The Balaban J connectivity index is 2.03. The van der Waals surface area contributed by atoms with E-state index in [1.165, 1.54) is 0 Å². The van der Waals surface area contributed by atoms with Gasteiger partial charge in [0.25, 0.3) is 0 Å². The van der Waals surface area contributed by atoms with Crippen LogP contribution in [0.3, 0.4) is 0 Å². The summed E-state index contributed by atoms with van der Waals surface area (Å²) in [7, 11) is 0. The van der Waals surface area contributed by atoms with Gasteiger partial charge in [0.15, 0.2) is 0 Å². The SMILES string of the molecule is Cc1csc(CC(N)Cc2cccc(Cl)c2Cl)n1. The zero-order chi connectivity index (χ0) is 13.1. The van der Waals surface area contributed by atoms with Gasteiger partial charge >= 0.3 is 0 Å². The Bertz CT molecular complexity index is 540. The van der Waals surface area contributed by atoms with E-state index in [9.17, 15) is 0 Å². The number of aryl methyl sites for hydroxylation is 1. The first-order chi connectivity index (χ1) is 8.56. The van der Waals surface area contributed by atoms with Gasteiger partial charge in [-0.2, -0.15) is 0 Å². The number of hydrogen-bond acceptors (Lipinski definition) is 3. The normalized spacial score (nSPS) is 12.7. The summed E-state index contributed by atoms with van der Waals surface area (Å²) < 4.78 is 0. The number of thiazole rings is 1. The minimum Gasteiger partial charge on any atom is -0.327 e. The van der Waals surface area contributed by atoms with E-state index >= 15 is 0 Å². The van der Waals surface area contributed by atoms with Crippen LogP contribution in [0.5, 0.6) is 0 Å². The Kier molecular flexibility index (Phi) is 4.62. The topological polar surface area (TPSA) is 38.9 Å². The van der Waals surface area contributed by atoms with Gasteiger partial charge in [-0.3, -0.25) is 0 Å². The van der Waals surface area contributed by atoms with Crippen LogP contribution >= 0.6 is 34.5 Å². The van der Waals surface area contributed by atoms with Crippen molar-refractivity contribution < 1.29 is 0 Å². The monoisotopic (exact) mass is 300 g/mol. The van der Waals surface area contributed by atoms with Gasteiger partial charge in [-0.1, -0.05) is 35.3 Å². The predicted octanol–water partition coefficient (Wildman–Crippen LogP) is 3.87. The molecular formula is C13H14Cl2N2S. The average Bonchev–Trinajstić information content (AvgIpc) is 2.70. The lowest BCUT2D eigenvalue weighted by molar-refractivity contribution is 0.661. The number of rotatable bonds is 4. The molecule has 2 nitrogen and oxygen atoms in total. The molecule has 2 rings (SSSR count).